The predicted octanol–water partition coefficient (Wildman–Crippen LogP) is 3.50. The Balaban J connectivity index is 1.45. The molecular weight excluding hydrogens is 254 g/mol. The minimum atomic E-state index is 0.284. The van der Waals surface area contributed by atoms with E-state index >= 15 is 0 Å². The highest BCUT2D eigenvalue weighted by molar-refractivity contribution is 7.08. The Hall–Kier alpha value is -0.830. The van der Waals surface area contributed by atoms with E-state index in [1.807, 2.05) is 0 Å². The number of amides is 1. The first-order valence-electron chi connectivity index (χ1n) is 7.40. The van der Waals surface area contributed by atoms with Gasteiger partial charge in [-0.05, 0) is 53.5 Å². The van der Waals surface area contributed by atoms with Crippen molar-refractivity contribution in [3.63, 3.8) is 0 Å². The number of hydrogen-bond acceptors (Lipinski definition) is 2. The van der Waals surface area contributed by atoms with Crippen LogP contribution in [0.1, 0.15) is 44.6 Å². The first-order valence-corrected chi connectivity index (χ1v) is 8.35. The van der Waals surface area contributed by atoms with Crippen molar-refractivity contribution in [2.24, 2.45) is 17.3 Å². The van der Waals surface area contributed by atoms with Gasteiger partial charge in [-0.2, -0.15) is 11.3 Å². The largest absolute Gasteiger partial charge is 0.338 e. The average molecular weight is 275 g/mol. The summed E-state index contributed by atoms with van der Waals surface area (Å²) in [6.07, 6.45) is 3.73. The molecule has 1 saturated heterocycles. The summed E-state index contributed by atoms with van der Waals surface area (Å²) in [7, 11) is 0. The minimum Gasteiger partial charge on any atom is -0.338 e. The SMILES string of the molecule is CC1(C)CN(C(=O)[C@@H]2C[C@H]2c2ccsc2)C1C1CC1. The minimum absolute atomic E-state index is 0.284. The zero-order valence-electron chi connectivity index (χ0n) is 11.6. The molecular formula is C16H21NOS. The summed E-state index contributed by atoms with van der Waals surface area (Å²) in [5.74, 6) is 2.03. The van der Waals surface area contributed by atoms with Crippen LogP contribution in [0.2, 0.25) is 0 Å². The average Bonchev–Trinajstić information content (AvgIpc) is 3.27. The summed E-state index contributed by atoms with van der Waals surface area (Å²) >= 11 is 1.74. The third-order valence-electron chi connectivity index (χ3n) is 5.14. The summed E-state index contributed by atoms with van der Waals surface area (Å²) in [4.78, 5) is 14.9. The lowest BCUT2D eigenvalue weighted by atomic mass is 9.72. The fourth-order valence-corrected chi connectivity index (χ4v) is 4.72. The molecule has 3 aliphatic rings. The Bertz CT molecular complexity index is 503. The van der Waals surface area contributed by atoms with Gasteiger partial charge >= 0.3 is 0 Å². The van der Waals surface area contributed by atoms with E-state index in [1.165, 1.54) is 18.4 Å². The molecule has 2 heterocycles. The fourth-order valence-electron chi connectivity index (χ4n) is 4.00. The summed E-state index contributed by atoms with van der Waals surface area (Å²) < 4.78 is 0. The first-order chi connectivity index (χ1) is 9.08. The quantitative estimate of drug-likeness (QED) is 0.827. The Morgan fingerprint density at radius 2 is 2.21 bits per heavy atom. The molecule has 4 rings (SSSR count). The second kappa shape index (κ2) is 3.85. The summed E-state index contributed by atoms with van der Waals surface area (Å²) in [5.41, 5.74) is 1.73. The molecule has 0 aromatic carbocycles. The van der Waals surface area contributed by atoms with Crippen molar-refractivity contribution >= 4 is 17.2 Å². The molecule has 2 nitrogen and oxygen atoms in total. The number of carbonyl (C=O) groups excluding carboxylic acids is 1. The first kappa shape index (κ1) is 12.0. The smallest absolute Gasteiger partial charge is 0.226 e. The van der Waals surface area contributed by atoms with Crippen molar-refractivity contribution in [1.29, 1.82) is 0 Å². The summed E-state index contributed by atoms with van der Waals surface area (Å²) in [6.45, 7) is 5.62. The van der Waals surface area contributed by atoms with E-state index in [4.69, 9.17) is 0 Å². The molecule has 1 unspecified atom stereocenters. The van der Waals surface area contributed by atoms with Crippen molar-refractivity contribution in [3.05, 3.63) is 22.4 Å². The van der Waals surface area contributed by atoms with Gasteiger partial charge in [0.25, 0.3) is 0 Å². The second-order valence-electron chi connectivity index (χ2n) is 7.24. The molecule has 3 atom stereocenters. The maximum absolute atomic E-state index is 12.7. The summed E-state index contributed by atoms with van der Waals surface area (Å²) in [5, 5.41) is 4.32. The van der Waals surface area contributed by atoms with E-state index in [-0.39, 0.29) is 5.92 Å². The molecule has 1 aliphatic heterocycles. The predicted molar refractivity (Wildman–Crippen MR) is 77.2 cm³/mol. The molecule has 102 valence electrons. The Kier molecular flexibility index (Phi) is 2.42. The van der Waals surface area contributed by atoms with E-state index < -0.39 is 0 Å². The van der Waals surface area contributed by atoms with Gasteiger partial charge in [0.2, 0.25) is 5.91 Å². The van der Waals surface area contributed by atoms with Gasteiger partial charge < -0.3 is 4.90 Å². The van der Waals surface area contributed by atoms with Crippen LogP contribution in [-0.2, 0) is 4.79 Å². The van der Waals surface area contributed by atoms with Crippen LogP contribution in [0.15, 0.2) is 16.8 Å². The van der Waals surface area contributed by atoms with Gasteiger partial charge in [0.05, 0.1) is 0 Å². The van der Waals surface area contributed by atoms with Gasteiger partial charge in [0.1, 0.15) is 0 Å². The van der Waals surface area contributed by atoms with Crippen LogP contribution in [0.25, 0.3) is 0 Å². The molecule has 0 bridgehead atoms. The third kappa shape index (κ3) is 1.85. The lowest BCUT2D eigenvalue weighted by Gasteiger charge is -2.55. The molecule has 0 radical (unpaired) electrons. The van der Waals surface area contributed by atoms with Gasteiger partial charge in [-0.3, -0.25) is 4.79 Å². The number of rotatable bonds is 3. The van der Waals surface area contributed by atoms with Crippen LogP contribution in [0.4, 0.5) is 0 Å². The topological polar surface area (TPSA) is 20.3 Å². The van der Waals surface area contributed by atoms with Crippen molar-refractivity contribution in [2.45, 2.75) is 45.1 Å². The normalized spacial score (nSPS) is 35.9. The van der Waals surface area contributed by atoms with Crippen molar-refractivity contribution in [1.82, 2.24) is 4.90 Å². The van der Waals surface area contributed by atoms with Crippen molar-refractivity contribution < 1.29 is 4.79 Å². The third-order valence-corrected chi connectivity index (χ3v) is 5.85. The van der Waals surface area contributed by atoms with E-state index in [9.17, 15) is 4.79 Å². The lowest BCUT2D eigenvalue weighted by Crippen LogP contribution is -2.65. The molecule has 0 spiro atoms. The highest BCUT2D eigenvalue weighted by atomic mass is 32.1. The Labute approximate surface area is 118 Å². The number of hydrogen-bond donors (Lipinski definition) is 0. The van der Waals surface area contributed by atoms with Crippen LogP contribution in [0.5, 0.6) is 0 Å². The van der Waals surface area contributed by atoms with Gasteiger partial charge in [0.15, 0.2) is 0 Å². The lowest BCUT2D eigenvalue weighted by molar-refractivity contribution is -0.155. The molecule has 1 amide bonds. The van der Waals surface area contributed by atoms with Gasteiger partial charge in [0, 0.05) is 23.9 Å². The molecule has 19 heavy (non-hydrogen) atoms. The maximum Gasteiger partial charge on any atom is 0.226 e. The highest BCUT2D eigenvalue weighted by Gasteiger charge is 2.58. The highest BCUT2D eigenvalue weighted by Crippen LogP contribution is 2.54. The summed E-state index contributed by atoms with van der Waals surface area (Å²) in [6, 6.07) is 2.71. The molecule has 1 aromatic rings. The van der Waals surface area contributed by atoms with Crippen LogP contribution in [0.3, 0.4) is 0 Å². The number of thiophene rings is 1. The molecule has 2 saturated carbocycles. The molecule has 2 aliphatic carbocycles. The monoisotopic (exact) mass is 275 g/mol. The fraction of sp³-hybridized carbons (Fsp3) is 0.688. The van der Waals surface area contributed by atoms with Crippen LogP contribution >= 0.6 is 11.3 Å². The van der Waals surface area contributed by atoms with Gasteiger partial charge in [-0.15, -0.1) is 0 Å². The van der Waals surface area contributed by atoms with Gasteiger partial charge in [-0.25, -0.2) is 0 Å². The molecule has 0 N–H and O–H groups in total. The molecule has 3 heteroatoms. The van der Waals surface area contributed by atoms with E-state index in [2.05, 4.69) is 35.6 Å². The number of nitrogens with zero attached hydrogens (tertiary/aromatic N) is 1. The maximum atomic E-state index is 12.7. The second-order valence-corrected chi connectivity index (χ2v) is 8.02. The zero-order valence-corrected chi connectivity index (χ0v) is 12.5. The Morgan fingerprint density at radius 3 is 2.79 bits per heavy atom. The van der Waals surface area contributed by atoms with Gasteiger partial charge in [-0.1, -0.05) is 13.8 Å². The molecule has 1 aromatic heterocycles. The van der Waals surface area contributed by atoms with Crippen molar-refractivity contribution in [2.75, 3.05) is 6.54 Å². The standard InChI is InChI=1S/C16H21NOS/c1-16(2)9-17(14(16)10-3-4-10)15(18)13-7-12(13)11-5-6-19-8-11/h5-6,8,10,12-14H,3-4,7,9H2,1-2H3/t12-,13+,14?/m0/s1. The van der Waals surface area contributed by atoms with E-state index in [1.54, 1.807) is 11.3 Å². The van der Waals surface area contributed by atoms with Crippen LogP contribution in [-0.4, -0.2) is 23.4 Å². The van der Waals surface area contributed by atoms with E-state index in [0.717, 1.165) is 18.9 Å². The molecule has 3 fully saturated rings. The van der Waals surface area contributed by atoms with Crippen LogP contribution < -0.4 is 0 Å². The Morgan fingerprint density at radius 1 is 1.42 bits per heavy atom. The van der Waals surface area contributed by atoms with Crippen LogP contribution in [0, 0.1) is 17.3 Å². The van der Waals surface area contributed by atoms with Crippen molar-refractivity contribution in [3.8, 4) is 0 Å². The number of likely N-dealkylation sites (tertiary alicyclic amines) is 1. The van der Waals surface area contributed by atoms with E-state index in [0.29, 0.717) is 23.3 Å². The zero-order chi connectivity index (χ0) is 13.2. The number of carbonyl (C=O) groups is 1.